The average molecular weight is 775 g/mol. The van der Waals surface area contributed by atoms with Gasteiger partial charge in [-0.05, 0) is 30.3 Å². The number of nitrogen functional groups attached to an aromatic ring is 1. The van der Waals surface area contributed by atoms with E-state index in [2.05, 4.69) is 20.4 Å². The number of piperazine rings is 1. The summed E-state index contributed by atoms with van der Waals surface area (Å²) in [6.07, 6.45) is -1.36. The number of alkyl halides is 3. The SMILES string of the molecule is Cn1c(-c2cn(-c3ccc(N)cn3)nc2C(F)(F)F)cnc1C(=O)Nc1ccc(C(=O)N2CCN(C(=O)[C@H]3CC[N+](C)(C)C[C@H]3O)CC2)c(Cl)c1.O=C[O-]. The zero-order valence-corrected chi connectivity index (χ0v) is 30.2. The number of imidazole rings is 1. The molecule has 1 aromatic carbocycles. The third-order valence-electron chi connectivity index (χ3n) is 9.30. The van der Waals surface area contributed by atoms with Gasteiger partial charge in [-0.15, -0.1) is 0 Å². The minimum atomic E-state index is -4.82. The van der Waals surface area contributed by atoms with Crippen molar-refractivity contribution in [3.63, 3.8) is 0 Å². The lowest BCUT2D eigenvalue weighted by Gasteiger charge is -2.42. The van der Waals surface area contributed by atoms with E-state index in [0.29, 0.717) is 36.2 Å². The predicted octanol–water partition coefficient (Wildman–Crippen LogP) is 1.28. The van der Waals surface area contributed by atoms with E-state index < -0.39 is 36.3 Å². The van der Waals surface area contributed by atoms with Crippen molar-refractivity contribution in [1.82, 2.24) is 34.1 Å². The standard InChI is InChI=1S/C33H36ClF3N10O4.CH2O2/c1-43-25(23-17-46(42-28(23)33(35,36)37)27-7-4-19(38)15-39-27)16-40-29(43)30(49)41-20-5-6-21(24(34)14-20)31(50)44-9-11-45(12-10-44)32(51)22-8-13-47(2,3)18-26(22)48;2-1-3/h4-7,14-17,22,26,48H,8-13,18,38H2,1-3H3;1H,(H,2,3)/t22-,26+;/m0./s1. The highest BCUT2D eigenvalue weighted by Gasteiger charge is 2.41. The zero-order chi connectivity index (χ0) is 39.5. The van der Waals surface area contributed by atoms with Crippen LogP contribution >= 0.6 is 11.6 Å². The van der Waals surface area contributed by atoms with Gasteiger partial charge in [-0.1, -0.05) is 11.6 Å². The molecule has 3 aromatic heterocycles. The van der Waals surface area contributed by atoms with Gasteiger partial charge >= 0.3 is 6.18 Å². The van der Waals surface area contributed by atoms with Crippen LogP contribution in [0.4, 0.5) is 24.5 Å². The van der Waals surface area contributed by atoms with Crippen LogP contribution in [0.2, 0.25) is 5.02 Å². The molecule has 2 aliphatic heterocycles. The third-order valence-corrected chi connectivity index (χ3v) is 9.61. The Morgan fingerprint density at radius 2 is 1.74 bits per heavy atom. The number of carbonyl (C=O) groups is 4. The van der Waals surface area contributed by atoms with Gasteiger partial charge in [0.25, 0.3) is 11.8 Å². The number of likely N-dealkylation sites (N-methyl/N-ethyl adjacent to an activating group) is 1. The quantitative estimate of drug-likeness (QED) is 0.189. The summed E-state index contributed by atoms with van der Waals surface area (Å²) in [5.41, 5.74) is 4.87. The highest BCUT2D eigenvalue weighted by atomic mass is 35.5. The monoisotopic (exact) mass is 774 g/mol. The normalized spacial score (nSPS) is 18.4. The van der Waals surface area contributed by atoms with E-state index >= 15 is 0 Å². The Hall–Kier alpha value is -5.53. The van der Waals surface area contributed by atoms with Crippen LogP contribution in [0.1, 0.15) is 33.1 Å². The Morgan fingerprint density at radius 1 is 1.07 bits per heavy atom. The van der Waals surface area contributed by atoms with E-state index in [-0.39, 0.29) is 64.1 Å². The number of quaternary nitrogens is 1. The number of benzene rings is 1. The van der Waals surface area contributed by atoms with E-state index in [1.165, 1.54) is 48.1 Å². The lowest BCUT2D eigenvalue weighted by molar-refractivity contribution is -0.899. The number of aliphatic hydroxyl groups excluding tert-OH is 1. The minimum Gasteiger partial charge on any atom is -0.554 e. The van der Waals surface area contributed by atoms with Crippen molar-refractivity contribution >= 4 is 47.2 Å². The number of halogens is 4. The first-order chi connectivity index (χ1) is 25.4. The Bertz CT molecular complexity index is 2030. The molecule has 0 unspecified atom stereocenters. The largest absolute Gasteiger partial charge is 0.554 e. The smallest absolute Gasteiger partial charge is 0.435 e. The van der Waals surface area contributed by atoms with Crippen LogP contribution < -0.4 is 16.2 Å². The second kappa shape index (κ2) is 15.8. The molecule has 4 N–H and O–H groups in total. The summed E-state index contributed by atoms with van der Waals surface area (Å²) in [7, 11) is 5.45. The van der Waals surface area contributed by atoms with E-state index in [9.17, 15) is 32.7 Å². The van der Waals surface area contributed by atoms with Gasteiger partial charge in [0.05, 0.1) is 66.5 Å². The molecule has 0 bridgehead atoms. The number of anilines is 2. The van der Waals surface area contributed by atoms with Crippen LogP contribution in [0.3, 0.4) is 0 Å². The number of hydrogen-bond acceptors (Lipinski definition) is 10. The number of piperidine rings is 1. The summed E-state index contributed by atoms with van der Waals surface area (Å²) in [6, 6.07) is 7.25. The fourth-order valence-electron chi connectivity index (χ4n) is 6.47. The number of nitrogens with one attached hydrogen (secondary N) is 1. The summed E-state index contributed by atoms with van der Waals surface area (Å²) in [4.78, 5) is 59.4. The second-order valence-electron chi connectivity index (χ2n) is 13.5. The molecule has 2 atom stereocenters. The number of rotatable bonds is 6. The zero-order valence-electron chi connectivity index (χ0n) is 29.5. The highest BCUT2D eigenvalue weighted by molar-refractivity contribution is 6.34. The summed E-state index contributed by atoms with van der Waals surface area (Å²) >= 11 is 6.49. The van der Waals surface area contributed by atoms with Gasteiger partial charge in [-0.2, -0.15) is 18.3 Å². The summed E-state index contributed by atoms with van der Waals surface area (Å²) in [6.45, 7) is 2.03. The van der Waals surface area contributed by atoms with E-state index in [1.54, 1.807) is 9.80 Å². The maximum absolute atomic E-state index is 14.0. The molecule has 20 heteroatoms. The maximum Gasteiger partial charge on any atom is 0.435 e. The molecule has 0 spiro atoms. The molecule has 2 fully saturated rings. The molecule has 288 valence electrons. The highest BCUT2D eigenvalue weighted by Crippen LogP contribution is 2.37. The number of carboxylic acid groups (broad SMARTS) is 1. The van der Waals surface area contributed by atoms with Crippen molar-refractivity contribution in [2.24, 2.45) is 13.0 Å². The maximum atomic E-state index is 14.0. The van der Waals surface area contributed by atoms with Gasteiger partial charge in [-0.25, -0.2) is 14.6 Å². The van der Waals surface area contributed by atoms with Crippen molar-refractivity contribution in [3.8, 4) is 17.1 Å². The molecule has 0 aliphatic carbocycles. The minimum absolute atomic E-state index is 0.0203. The Kier molecular flexibility index (Phi) is 11.6. The summed E-state index contributed by atoms with van der Waals surface area (Å²) in [5, 5.41) is 25.2. The molecule has 5 heterocycles. The number of likely N-dealkylation sites (tertiary alicyclic amines) is 1. The number of pyridine rings is 1. The molecule has 6 rings (SSSR count). The first-order valence-corrected chi connectivity index (χ1v) is 17.0. The van der Waals surface area contributed by atoms with E-state index in [4.69, 9.17) is 27.2 Å². The van der Waals surface area contributed by atoms with E-state index in [0.717, 1.165) is 23.6 Å². The Morgan fingerprint density at radius 3 is 2.33 bits per heavy atom. The number of nitrogens with zero attached hydrogens (tertiary/aromatic N) is 8. The topological polar surface area (TPSA) is 205 Å². The molecule has 16 nitrogen and oxygen atoms in total. The van der Waals surface area contributed by atoms with Gasteiger partial charge in [0, 0.05) is 58.0 Å². The predicted molar refractivity (Wildman–Crippen MR) is 187 cm³/mol. The average Bonchev–Trinajstić information content (AvgIpc) is 3.72. The molecule has 0 saturated carbocycles. The molecule has 3 amide bonds. The van der Waals surface area contributed by atoms with Crippen molar-refractivity contribution in [1.29, 1.82) is 0 Å². The van der Waals surface area contributed by atoms with Gasteiger partial charge < -0.3 is 44.9 Å². The van der Waals surface area contributed by atoms with E-state index in [1.807, 2.05) is 14.1 Å². The second-order valence-corrected chi connectivity index (χ2v) is 13.9. The number of carbonyl (C=O) groups excluding carboxylic acids is 4. The first kappa shape index (κ1) is 39.7. The molecular weight excluding hydrogens is 737 g/mol. The molecule has 2 aliphatic rings. The summed E-state index contributed by atoms with van der Waals surface area (Å²) in [5.74, 6) is -1.71. The van der Waals surface area contributed by atoms with Gasteiger partial charge in [0.2, 0.25) is 5.91 Å². The molecule has 4 aromatic rings. The van der Waals surface area contributed by atoms with Gasteiger partial charge in [-0.3, -0.25) is 14.4 Å². The first-order valence-electron chi connectivity index (χ1n) is 16.6. The van der Waals surface area contributed by atoms with Crippen LogP contribution in [0.5, 0.6) is 0 Å². The molecular formula is C34H38ClF3N10O6. The fourth-order valence-corrected chi connectivity index (χ4v) is 6.74. The van der Waals surface area contributed by atoms with Crippen molar-refractivity contribution < 1.29 is 47.0 Å². The van der Waals surface area contributed by atoms with Crippen LogP contribution in [0, 0.1) is 5.92 Å². The molecule has 2 saturated heterocycles. The Balaban J connectivity index is 0.00000181. The van der Waals surface area contributed by atoms with Gasteiger partial charge in [0.15, 0.2) is 17.3 Å². The van der Waals surface area contributed by atoms with Gasteiger partial charge in [0.1, 0.15) is 12.6 Å². The number of aromatic nitrogens is 5. The number of hydrogen-bond donors (Lipinski definition) is 3. The van der Waals surface area contributed by atoms with Crippen LogP contribution in [0.25, 0.3) is 17.1 Å². The lowest BCUT2D eigenvalue weighted by atomic mass is 9.91. The summed E-state index contributed by atoms with van der Waals surface area (Å²) < 4.78 is 44.9. The number of amides is 3. The lowest BCUT2D eigenvalue weighted by Crippen LogP contribution is -2.58. The van der Waals surface area contributed by atoms with Crippen molar-refractivity contribution in [3.05, 3.63) is 71.0 Å². The van der Waals surface area contributed by atoms with Crippen molar-refractivity contribution in [2.45, 2.75) is 18.7 Å². The number of aliphatic hydroxyl groups is 1. The number of nitrogens with two attached hydrogens (primary N) is 1. The molecule has 54 heavy (non-hydrogen) atoms. The molecule has 0 radical (unpaired) electrons. The van der Waals surface area contributed by atoms with Crippen LogP contribution in [-0.4, -0.2) is 127 Å². The van der Waals surface area contributed by atoms with Crippen LogP contribution in [-0.2, 0) is 22.8 Å². The Labute approximate surface area is 312 Å². The third kappa shape index (κ3) is 8.64. The fraction of sp³-hybridized carbons (Fsp3) is 0.382. The van der Waals surface area contributed by atoms with Crippen LogP contribution in [0.15, 0.2) is 48.9 Å². The van der Waals surface area contributed by atoms with Crippen molar-refractivity contribution in [2.75, 3.05) is 64.4 Å².